The lowest BCUT2D eigenvalue weighted by atomic mass is 10.1. The fourth-order valence-electron chi connectivity index (χ4n) is 2.24. The number of rotatable bonds is 5. The van der Waals surface area contributed by atoms with Crippen LogP contribution in [0.25, 0.3) is 0 Å². The minimum Gasteiger partial charge on any atom is -0.348 e. The average molecular weight is 389 g/mol. The van der Waals surface area contributed by atoms with Gasteiger partial charge in [-0.2, -0.15) is 0 Å². The van der Waals surface area contributed by atoms with Crippen LogP contribution < -0.4 is 10.6 Å². The second-order valence-electron chi connectivity index (χ2n) is 5.44. The van der Waals surface area contributed by atoms with Crippen LogP contribution in [0.4, 0.5) is 10.1 Å². The van der Waals surface area contributed by atoms with E-state index in [0.717, 1.165) is 5.56 Å². The van der Waals surface area contributed by atoms with Crippen LogP contribution in [0.2, 0.25) is 5.02 Å². The number of carbonyl (C=O) groups is 2. The monoisotopic (exact) mass is 388 g/mol. The summed E-state index contributed by atoms with van der Waals surface area (Å²) in [4.78, 5) is 25.0. The lowest BCUT2D eigenvalue weighted by molar-refractivity contribution is 0.0949. The van der Waals surface area contributed by atoms with Gasteiger partial charge in [-0.05, 0) is 47.3 Å². The number of carbonyl (C=O) groups excluding carboxylic acids is 2. The van der Waals surface area contributed by atoms with Crippen molar-refractivity contribution in [2.45, 2.75) is 6.54 Å². The molecule has 132 valence electrons. The Labute approximate surface area is 158 Å². The van der Waals surface area contributed by atoms with E-state index in [2.05, 4.69) is 10.6 Å². The molecule has 0 aliphatic rings. The molecule has 1 heterocycles. The molecule has 0 radical (unpaired) electrons. The molecule has 0 unspecified atom stereocenters. The van der Waals surface area contributed by atoms with Gasteiger partial charge in [0, 0.05) is 12.1 Å². The van der Waals surface area contributed by atoms with Crippen LogP contribution in [0.15, 0.2) is 60.0 Å². The van der Waals surface area contributed by atoms with Crippen molar-refractivity contribution in [2.24, 2.45) is 0 Å². The van der Waals surface area contributed by atoms with Crippen LogP contribution in [-0.2, 0) is 6.54 Å². The summed E-state index contributed by atoms with van der Waals surface area (Å²) in [5, 5.41) is 7.59. The van der Waals surface area contributed by atoms with Gasteiger partial charge in [0.2, 0.25) is 0 Å². The maximum absolute atomic E-state index is 12.9. The van der Waals surface area contributed by atoms with Crippen LogP contribution in [0.5, 0.6) is 0 Å². The molecule has 0 saturated heterocycles. The van der Waals surface area contributed by atoms with E-state index in [-0.39, 0.29) is 24.2 Å². The molecule has 0 aliphatic heterocycles. The first-order valence-electron chi connectivity index (χ1n) is 7.70. The first-order chi connectivity index (χ1) is 12.5. The molecule has 0 aliphatic carbocycles. The Kier molecular flexibility index (Phi) is 5.65. The van der Waals surface area contributed by atoms with Crippen molar-refractivity contribution < 1.29 is 14.0 Å². The van der Waals surface area contributed by atoms with Crippen molar-refractivity contribution in [1.82, 2.24) is 5.32 Å². The zero-order valence-corrected chi connectivity index (χ0v) is 15.0. The highest BCUT2D eigenvalue weighted by molar-refractivity contribution is 7.12. The maximum Gasteiger partial charge on any atom is 0.265 e. The molecule has 7 heteroatoms. The van der Waals surface area contributed by atoms with E-state index < -0.39 is 0 Å². The third kappa shape index (κ3) is 4.47. The maximum atomic E-state index is 12.9. The predicted molar refractivity (Wildman–Crippen MR) is 101 cm³/mol. The van der Waals surface area contributed by atoms with E-state index in [1.807, 2.05) is 0 Å². The Bertz CT molecular complexity index is 927. The van der Waals surface area contributed by atoms with Gasteiger partial charge in [-0.3, -0.25) is 9.59 Å². The highest BCUT2D eigenvalue weighted by Gasteiger charge is 2.13. The van der Waals surface area contributed by atoms with E-state index >= 15 is 0 Å². The third-order valence-electron chi connectivity index (χ3n) is 3.59. The van der Waals surface area contributed by atoms with Crippen LogP contribution in [0, 0.1) is 5.82 Å². The van der Waals surface area contributed by atoms with Crippen LogP contribution in [-0.4, -0.2) is 11.8 Å². The largest absolute Gasteiger partial charge is 0.348 e. The molecule has 0 fully saturated rings. The molecule has 26 heavy (non-hydrogen) atoms. The number of hydrogen-bond donors (Lipinski definition) is 2. The minimum absolute atomic E-state index is 0.263. The molecule has 2 N–H and O–H groups in total. The molecular weight excluding hydrogens is 375 g/mol. The molecule has 2 amide bonds. The lowest BCUT2D eigenvalue weighted by Gasteiger charge is -2.10. The van der Waals surface area contributed by atoms with Gasteiger partial charge < -0.3 is 10.6 Å². The summed E-state index contributed by atoms with van der Waals surface area (Å²) in [7, 11) is 0. The number of benzene rings is 2. The number of halogens is 2. The molecule has 3 aromatic rings. The topological polar surface area (TPSA) is 58.2 Å². The predicted octanol–water partition coefficient (Wildman–Crippen LogP) is 4.72. The van der Waals surface area contributed by atoms with Gasteiger partial charge in [-0.25, -0.2) is 4.39 Å². The molecule has 0 atom stereocenters. The smallest absolute Gasteiger partial charge is 0.265 e. The summed E-state index contributed by atoms with van der Waals surface area (Å²) in [5.41, 5.74) is 1.50. The zero-order valence-electron chi connectivity index (χ0n) is 13.5. The van der Waals surface area contributed by atoms with Gasteiger partial charge in [0.25, 0.3) is 11.8 Å². The molecular formula is C19H14ClFN2O2S. The van der Waals surface area contributed by atoms with Crippen molar-refractivity contribution in [3.8, 4) is 0 Å². The third-order valence-corrected chi connectivity index (χ3v) is 4.79. The number of amides is 2. The van der Waals surface area contributed by atoms with E-state index in [1.165, 1.54) is 29.5 Å². The van der Waals surface area contributed by atoms with Gasteiger partial charge in [0.1, 0.15) is 5.82 Å². The summed E-state index contributed by atoms with van der Waals surface area (Å²) >= 11 is 7.43. The van der Waals surface area contributed by atoms with Crippen LogP contribution in [0.1, 0.15) is 25.6 Å². The quantitative estimate of drug-likeness (QED) is 0.664. The second-order valence-corrected chi connectivity index (χ2v) is 6.79. The Morgan fingerprint density at radius 3 is 2.50 bits per heavy atom. The van der Waals surface area contributed by atoms with Crippen molar-refractivity contribution in [3.63, 3.8) is 0 Å². The Hall–Kier alpha value is -2.70. The Morgan fingerprint density at radius 1 is 1.04 bits per heavy atom. The van der Waals surface area contributed by atoms with Gasteiger partial charge in [-0.15, -0.1) is 11.3 Å². The molecule has 0 spiro atoms. The number of hydrogen-bond acceptors (Lipinski definition) is 3. The summed E-state index contributed by atoms with van der Waals surface area (Å²) in [6, 6.07) is 14.0. The van der Waals surface area contributed by atoms with E-state index in [0.29, 0.717) is 21.2 Å². The SMILES string of the molecule is O=C(NCc1ccc(F)cc1)c1ccc(Cl)c(NC(=O)c2cccs2)c1. The number of anilines is 1. The first kappa shape index (κ1) is 18.1. The molecule has 0 saturated carbocycles. The van der Waals surface area contributed by atoms with Crippen molar-refractivity contribution in [3.05, 3.63) is 86.8 Å². The minimum atomic E-state index is -0.330. The van der Waals surface area contributed by atoms with Gasteiger partial charge in [0.05, 0.1) is 15.6 Å². The van der Waals surface area contributed by atoms with E-state index in [1.54, 1.807) is 41.8 Å². The van der Waals surface area contributed by atoms with Crippen LogP contribution >= 0.6 is 22.9 Å². The standard InChI is InChI=1S/C19H14ClFN2O2S/c20-15-8-5-13(10-16(15)23-19(25)17-2-1-9-26-17)18(24)22-11-12-3-6-14(21)7-4-12/h1-10H,11H2,(H,22,24)(H,23,25). The molecule has 0 bridgehead atoms. The van der Waals surface area contributed by atoms with Crippen molar-refractivity contribution >= 4 is 40.4 Å². The average Bonchev–Trinajstić information content (AvgIpc) is 3.17. The lowest BCUT2D eigenvalue weighted by Crippen LogP contribution is -2.23. The van der Waals surface area contributed by atoms with Crippen molar-refractivity contribution in [2.75, 3.05) is 5.32 Å². The number of thiophene rings is 1. The summed E-state index contributed by atoms with van der Waals surface area (Å²) in [5.74, 6) is -0.938. The van der Waals surface area contributed by atoms with Crippen LogP contribution in [0.3, 0.4) is 0 Å². The molecule has 1 aromatic heterocycles. The van der Waals surface area contributed by atoms with Crippen molar-refractivity contribution in [1.29, 1.82) is 0 Å². The van der Waals surface area contributed by atoms with Gasteiger partial charge in [0.15, 0.2) is 0 Å². The first-order valence-corrected chi connectivity index (χ1v) is 8.96. The second kappa shape index (κ2) is 8.12. The Balaban J connectivity index is 1.68. The zero-order chi connectivity index (χ0) is 18.5. The Morgan fingerprint density at radius 2 is 1.81 bits per heavy atom. The fraction of sp³-hybridized carbons (Fsp3) is 0.0526. The number of nitrogens with one attached hydrogen (secondary N) is 2. The van der Waals surface area contributed by atoms with Gasteiger partial charge in [-0.1, -0.05) is 29.8 Å². The summed E-state index contributed by atoms with van der Waals surface area (Å²) in [6.45, 7) is 0.263. The van der Waals surface area contributed by atoms with Gasteiger partial charge >= 0.3 is 0 Å². The normalized spacial score (nSPS) is 10.4. The van der Waals surface area contributed by atoms with E-state index in [4.69, 9.17) is 11.6 Å². The molecule has 4 nitrogen and oxygen atoms in total. The highest BCUT2D eigenvalue weighted by atomic mass is 35.5. The molecule has 2 aromatic carbocycles. The molecule has 3 rings (SSSR count). The summed E-state index contributed by atoms with van der Waals surface area (Å²) in [6.07, 6.45) is 0. The highest BCUT2D eigenvalue weighted by Crippen LogP contribution is 2.24. The van der Waals surface area contributed by atoms with E-state index in [9.17, 15) is 14.0 Å². The fourth-order valence-corrected chi connectivity index (χ4v) is 3.02. The summed E-state index contributed by atoms with van der Waals surface area (Å²) < 4.78 is 12.9.